The molecule has 0 fully saturated rings. The molecule has 1 aliphatic heterocycles. The van der Waals surface area contributed by atoms with Crippen LogP contribution in [0.15, 0.2) is 11.3 Å². The maximum atomic E-state index is 4.93. The van der Waals surface area contributed by atoms with Crippen LogP contribution in [0.4, 0.5) is 0 Å². The van der Waals surface area contributed by atoms with Gasteiger partial charge in [0.05, 0.1) is 0 Å². The average Bonchev–Trinajstić information content (AvgIpc) is 1.88. The lowest BCUT2D eigenvalue weighted by molar-refractivity contribution is -0.278. The van der Waals surface area contributed by atoms with E-state index in [2.05, 4.69) is 13.8 Å². The summed E-state index contributed by atoms with van der Waals surface area (Å²) in [4.78, 5) is 9.80. The first-order valence-corrected chi connectivity index (χ1v) is 3.74. The second kappa shape index (κ2) is 3.06. The molecule has 2 heteroatoms. The van der Waals surface area contributed by atoms with Crippen molar-refractivity contribution in [2.45, 2.75) is 27.2 Å². The van der Waals surface area contributed by atoms with Gasteiger partial charge < -0.3 is 4.89 Å². The third-order valence-electron chi connectivity index (χ3n) is 1.93. The largest absolute Gasteiger partial charge is 0.342 e. The van der Waals surface area contributed by atoms with Crippen LogP contribution < -0.4 is 0 Å². The molecule has 0 aliphatic carbocycles. The number of hydrogen-bond acceptors (Lipinski definition) is 2. The summed E-state index contributed by atoms with van der Waals surface area (Å²) in [7, 11) is 0. The van der Waals surface area contributed by atoms with Crippen LogP contribution in [0.3, 0.4) is 0 Å². The van der Waals surface area contributed by atoms with Gasteiger partial charge in [-0.05, 0) is 18.9 Å². The maximum absolute atomic E-state index is 4.93. The summed E-state index contributed by atoms with van der Waals surface area (Å²) >= 11 is 0. The number of allylic oxidation sites excluding steroid dienone is 1. The van der Waals surface area contributed by atoms with Crippen molar-refractivity contribution in [1.29, 1.82) is 0 Å². The van der Waals surface area contributed by atoms with Gasteiger partial charge in [-0.1, -0.05) is 13.8 Å². The molecule has 1 atom stereocenters. The minimum atomic E-state index is 0.527. The van der Waals surface area contributed by atoms with E-state index in [-0.39, 0.29) is 0 Å². The molecule has 1 unspecified atom stereocenters. The molecule has 0 radical (unpaired) electrons. The summed E-state index contributed by atoms with van der Waals surface area (Å²) in [5.74, 6) is 1.47. The highest BCUT2D eigenvalue weighted by molar-refractivity contribution is 5.10. The van der Waals surface area contributed by atoms with E-state index in [0.717, 1.165) is 12.2 Å². The lowest BCUT2D eigenvalue weighted by atomic mass is 9.98. The molecule has 0 spiro atoms. The summed E-state index contributed by atoms with van der Waals surface area (Å²) in [6.07, 6.45) is 1.07. The maximum Gasteiger partial charge on any atom is 0.138 e. The molecule has 0 aromatic carbocycles. The first kappa shape index (κ1) is 7.61. The fraction of sp³-hybridized carbons (Fsp3) is 0.750. The Bertz CT molecular complexity index is 149. The van der Waals surface area contributed by atoms with Crippen LogP contribution in [0.25, 0.3) is 0 Å². The van der Waals surface area contributed by atoms with E-state index in [1.54, 1.807) is 0 Å². The van der Waals surface area contributed by atoms with E-state index in [1.165, 1.54) is 5.57 Å². The summed E-state index contributed by atoms with van der Waals surface area (Å²) in [5.41, 5.74) is 1.38. The Labute approximate surface area is 61.8 Å². The Morgan fingerprint density at radius 2 is 2.30 bits per heavy atom. The van der Waals surface area contributed by atoms with Gasteiger partial charge in [-0.15, -0.1) is 0 Å². The first-order chi connectivity index (χ1) is 4.75. The fourth-order valence-corrected chi connectivity index (χ4v) is 1.32. The monoisotopic (exact) mass is 142 g/mol. The van der Waals surface area contributed by atoms with Gasteiger partial charge in [-0.25, -0.2) is 0 Å². The topological polar surface area (TPSA) is 18.5 Å². The molecule has 0 N–H and O–H groups in total. The Morgan fingerprint density at radius 1 is 1.60 bits per heavy atom. The first-order valence-electron chi connectivity index (χ1n) is 3.74. The van der Waals surface area contributed by atoms with Gasteiger partial charge in [-0.3, -0.25) is 0 Å². The molecule has 0 saturated carbocycles. The predicted molar refractivity (Wildman–Crippen MR) is 39.2 cm³/mol. The van der Waals surface area contributed by atoms with Crippen molar-refractivity contribution < 1.29 is 9.78 Å². The molecule has 0 amide bonds. The zero-order valence-electron chi connectivity index (χ0n) is 6.81. The summed E-state index contributed by atoms with van der Waals surface area (Å²) < 4.78 is 0. The van der Waals surface area contributed by atoms with Crippen LogP contribution in [0.2, 0.25) is 0 Å². The van der Waals surface area contributed by atoms with Crippen molar-refractivity contribution in [2.24, 2.45) is 5.92 Å². The molecule has 58 valence electrons. The zero-order chi connectivity index (χ0) is 7.56. The summed E-state index contributed by atoms with van der Waals surface area (Å²) in [6.45, 7) is 6.95. The SMILES string of the molecule is CCC1=C(C)OOCC1C. The molecule has 10 heavy (non-hydrogen) atoms. The third-order valence-corrected chi connectivity index (χ3v) is 1.93. The second-order valence-electron chi connectivity index (χ2n) is 2.70. The van der Waals surface area contributed by atoms with Crippen molar-refractivity contribution in [2.75, 3.05) is 6.61 Å². The van der Waals surface area contributed by atoms with Gasteiger partial charge in [0.15, 0.2) is 0 Å². The van der Waals surface area contributed by atoms with Crippen LogP contribution in [-0.4, -0.2) is 6.61 Å². The molecular formula is C8H14O2. The highest BCUT2D eigenvalue weighted by Crippen LogP contribution is 2.24. The average molecular weight is 142 g/mol. The lowest BCUT2D eigenvalue weighted by Gasteiger charge is -2.22. The number of rotatable bonds is 1. The quantitative estimate of drug-likeness (QED) is 0.523. The molecule has 0 aromatic rings. The van der Waals surface area contributed by atoms with Crippen LogP contribution in [-0.2, 0) is 9.78 Å². The number of hydrogen-bond donors (Lipinski definition) is 0. The summed E-state index contributed by atoms with van der Waals surface area (Å²) in [5, 5.41) is 0. The van der Waals surface area contributed by atoms with Gasteiger partial charge in [0.2, 0.25) is 0 Å². The zero-order valence-corrected chi connectivity index (χ0v) is 6.81. The molecule has 1 aliphatic rings. The highest BCUT2D eigenvalue weighted by atomic mass is 17.2. The molecular weight excluding hydrogens is 128 g/mol. The highest BCUT2D eigenvalue weighted by Gasteiger charge is 2.17. The van der Waals surface area contributed by atoms with E-state index >= 15 is 0 Å². The van der Waals surface area contributed by atoms with Crippen molar-refractivity contribution in [1.82, 2.24) is 0 Å². The Hall–Kier alpha value is -0.500. The summed E-state index contributed by atoms with van der Waals surface area (Å²) in [6, 6.07) is 0. The van der Waals surface area contributed by atoms with E-state index in [0.29, 0.717) is 12.5 Å². The lowest BCUT2D eigenvalue weighted by Crippen LogP contribution is -2.16. The van der Waals surface area contributed by atoms with Gasteiger partial charge in [0.1, 0.15) is 12.4 Å². The third kappa shape index (κ3) is 1.32. The van der Waals surface area contributed by atoms with E-state index in [1.807, 2.05) is 6.92 Å². The predicted octanol–water partition coefficient (Wildman–Crippen LogP) is 2.27. The smallest absolute Gasteiger partial charge is 0.138 e. The standard InChI is InChI=1S/C8H14O2/c1-4-8-6(2)5-9-10-7(8)3/h6H,4-5H2,1-3H3. The fourth-order valence-electron chi connectivity index (χ4n) is 1.32. The Balaban J connectivity index is 2.73. The Kier molecular flexibility index (Phi) is 2.33. The molecule has 1 rings (SSSR count). The molecule has 0 saturated heterocycles. The van der Waals surface area contributed by atoms with Crippen molar-refractivity contribution in [3.8, 4) is 0 Å². The van der Waals surface area contributed by atoms with Gasteiger partial charge in [-0.2, -0.15) is 4.89 Å². The Morgan fingerprint density at radius 3 is 2.70 bits per heavy atom. The van der Waals surface area contributed by atoms with Crippen LogP contribution >= 0.6 is 0 Å². The van der Waals surface area contributed by atoms with E-state index in [4.69, 9.17) is 9.78 Å². The van der Waals surface area contributed by atoms with Crippen molar-refractivity contribution in [3.05, 3.63) is 11.3 Å². The van der Waals surface area contributed by atoms with Crippen LogP contribution in [0.5, 0.6) is 0 Å². The van der Waals surface area contributed by atoms with Gasteiger partial charge in [0.25, 0.3) is 0 Å². The second-order valence-corrected chi connectivity index (χ2v) is 2.70. The van der Waals surface area contributed by atoms with Crippen molar-refractivity contribution in [3.63, 3.8) is 0 Å². The van der Waals surface area contributed by atoms with E-state index in [9.17, 15) is 0 Å². The van der Waals surface area contributed by atoms with Gasteiger partial charge >= 0.3 is 0 Å². The minimum absolute atomic E-state index is 0.527. The normalized spacial score (nSPS) is 26.5. The minimum Gasteiger partial charge on any atom is -0.342 e. The van der Waals surface area contributed by atoms with Crippen molar-refractivity contribution >= 4 is 0 Å². The molecule has 0 aromatic heterocycles. The van der Waals surface area contributed by atoms with Gasteiger partial charge in [0, 0.05) is 5.92 Å². The molecule has 1 heterocycles. The van der Waals surface area contributed by atoms with Crippen LogP contribution in [0.1, 0.15) is 27.2 Å². The molecule has 2 nitrogen and oxygen atoms in total. The van der Waals surface area contributed by atoms with E-state index < -0.39 is 0 Å². The molecule has 0 bridgehead atoms. The van der Waals surface area contributed by atoms with Crippen LogP contribution in [0, 0.1) is 5.92 Å².